The first-order valence-electron chi connectivity index (χ1n) is 7.80. The van der Waals surface area contributed by atoms with E-state index in [1.54, 1.807) is 0 Å². The van der Waals surface area contributed by atoms with E-state index in [9.17, 15) is 14.6 Å². The van der Waals surface area contributed by atoms with Crippen molar-refractivity contribution in [2.75, 3.05) is 24.3 Å². The molecular formula is C15H19FN6O3. The van der Waals surface area contributed by atoms with Crippen molar-refractivity contribution in [1.82, 2.24) is 19.5 Å². The molecule has 1 unspecified atom stereocenters. The Kier molecular flexibility index (Phi) is 4.98. The number of ether oxygens (including phenoxy) is 1. The summed E-state index contributed by atoms with van der Waals surface area (Å²) in [5.41, 5.74) is 6.46. The summed E-state index contributed by atoms with van der Waals surface area (Å²) in [7, 11) is 0. The third kappa shape index (κ3) is 3.63. The summed E-state index contributed by atoms with van der Waals surface area (Å²) in [5, 5.41) is 22.1. The fraction of sp³-hybridized carbons (Fsp3) is 0.533. The zero-order chi connectivity index (χ0) is 18.0. The molecule has 9 nitrogen and oxygen atoms in total. The number of fused-ring (bicyclic) bond motifs is 1. The van der Waals surface area contributed by atoms with Gasteiger partial charge >= 0.3 is 0 Å². The fourth-order valence-electron chi connectivity index (χ4n) is 2.37. The van der Waals surface area contributed by atoms with Crippen LogP contribution in [0.15, 0.2) is 6.33 Å². The predicted molar refractivity (Wildman–Crippen MR) is 88.2 cm³/mol. The van der Waals surface area contributed by atoms with Crippen LogP contribution in [0.5, 0.6) is 0 Å². The Balaban J connectivity index is 1.93. The molecule has 2 aromatic rings. The maximum atomic E-state index is 13.6. The summed E-state index contributed by atoms with van der Waals surface area (Å²) in [6, 6.07) is 0.320. The summed E-state index contributed by atoms with van der Waals surface area (Å²) >= 11 is 0. The number of aliphatic hydroxyl groups excluding tert-OH is 2. The number of halogens is 1. The molecule has 3 atom stereocenters. The fourth-order valence-corrected chi connectivity index (χ4v) is 2.37. The van der Waals surface area contributed by atoms with Gasteiger partial charge in [-0.05, 0) is 12.8 Å². The minimum Gasteiger partial charge on any atom is -0.394 e. The van der Waals surface area contributed by atoms with Crippen LogP contribution in [-0.4, -0.2) is 61.3 Å². The highest BCUT2D eigenvalue weighted by Gasteiger charge is 2.27. The van der Waals surface area contributed by atoms with E-state index in [1.807, 2.05) is 5.92 Å². The highest BCUT2D eigenvalue weighted by Crippen LogP contribution is 2.29. The van der Waals surface area contributed by atoms with E-state index < -0.39 is 31.7 Å². The molecular weight excluding hydrogens is 331 g/mol. The molecule has 0 spiro atoms. The number of nitrogens with zero attached hydrogens (tertiary/aromatic N) is 4. The second-order valence-electron chi connectivity index (χ2n) is 5.75. The van der Waals surface area contributed by atoms with Crippen molar-refractivity contribution in [3.63, 3.8) is 0 Å². The number of alkyl halides is 1. The number of imidazole rings is 1. The second-order valence-corrected chi connectivity index (χ2v) is 5.75. The van der Waals surface area contributed by atoms with Gasteiger partial charge in [-0.15, -0.1) is 6.42 Å². The van der Waals surface area contributed by atoms with E-state index in [1.165, 1.54) is 10.9 Å². The largest absolute Gasteiger partial charge is 0.394 e. The minimum atomic E-state index is -1.37. The lowest BCUT2D eigenvalue weighted by Crippen LogP contribution is -2.34. The van der Waals surface area contributed by atoms with E-state index in [-0.39, 0.29) is 11.6 Å². The molecule has 0 aliphatic heterocycles. The molecule has 0 radical (unpaired) electrons. The lowest BCUT2D eigenvalue weighted by Gasteiger charge is -2.24. The molecule has 1 aliphatic carbocycles. The molecule has 0 bridgehead atoms. The Labute approximate surface area is 143 Å². The number of rotatable bonds is 8. The molecule has 1 fully saturated rings. The zero-order valence-corrected chi connectivity index (χ0v) is 13.3. The topological polar surface area (TPSA) is 131 Å². The van der Waals surface area contributed by atoms with Crippen molar-refractivity contribution < 1.29 is 19.3 Å². The maximum absolute atomic E-state index is 13.6. The third-order valence-corrected chi connectivity index (χ3v) is 3.83. The Morgan fingerprint density at radius 3 is 2.88 bits per heavy atom. The molecule has 1 aliphatic rings. The van der Waals surface area contributed by atoms with Crippen LogP contribution in [0.2, 0.25) is 0 Å². The summed E-state index contributed by atoms with van der Waals surface area (Å²) in [6.45, 7) is -1.52. The van der Waals surface area contributed by atoms with Crippen LogP contribution in [0, 0.1) is 12.3 Å². The number of terminal acetylenes is 1. The zero-order valence-electron chi connectivity index (χ0n) is 13.3. The van der Waals surface area contributed by atoms with Crippen molar-refractivity contribution in [2.24, 2.45) is 0 Å². The molecule has 0 saturated heterocycles. The third-order valence-electron chi connectivity index (χ3n) is 3.83. The number of aromatic nitrogens is 4. The molecule has 25 heavy (non-hydrogen) atoms. The quantitative estimate of drug-likeness (QED) is 0.482. The van der Waals surface area contributed by atoms with Crippen LogP contribution >= 0.6 is 0 Å². The van der Waals surface area contributed by atoms with Crippen LogP contribution < -0.4 is 11.1 Å². The van der Waals surface area contributed by atoms with Crippen LogP contribution in [0.3, 0.4) is 0 Å². The van der Waals surface area contributed by atoms with Crippen LogP contribution in [-0.2, 0) is 4.74 Å². The first-order chi connectivity index (χ1) is 12.1. The normalized spacial score (nSPS) is 17.8. The highest BCUT2D eigenvalue weighted by atomic mass is 19.1. The Hall–Kier alpha value is -2.48. The average molecular weight is 350 g/mol. The molecule has 3 rings (SSSR count). The number of nitrogens with one attached hydrogen (secondary N) is 1. The van der Waals surface area contributed by atoms with Gasteiger partial charge in [-0.3, -0.25) is 4.57 Å². The van der Waals surface area contributed by atoms with Crippen LogP contribution in [0.4, 0.5) is 16.2 Å². The average Bonchev–Trinajstić information content (AvgIpc) is 3.33. The van der Waals surface area contributed by atoms with E-state index in [0.717, 1.165) is 12.8 Å². The number of nitrogen functional groups attached to an aromatic ring is 1. The lowest BCUT2D eigenvalue weighted by molar-refractivity contribution is -0.115. The van der Waals surface area contributed by atoms with Gasteiger partial charge in [0.25, 0.3) is 0 Å². The Bertz CT molecular complexity index is 787. The van der Waals surface area contributed by atoms with Crippen molar-refractivity contribution in [2.45, 2.75) is 37.3 Å². The van der Waals surface area contributed by atoms with E-state index >= 15 is 0 Å². The first-order valence-corrected chi connectivity index (χ1v) is 7.80. The Morgan fingerprint density at radius 1 is 1.52 bits per heavy atom. The van der Waals surface area contributed by atoms with Gasteiger partial charge < -0.3 is 26.0 Å². The summed E-state index contributed by atoms with van der Waals surface area (Å²) in [4.78, 5) is 12.5. The standard InChI is InChI=1S/C15H19FN6O3/c1-2-9(24)10(6-23)25-11(5-16)22-7-18-12-13(19-8-3-4-8)20-15(17)21-14(12)22/h1,7-11,23-24H,3-6H2,(H3,17,19,20,21)/t9?,10-,11-/m1/s1. The van der Waals surface area contributed by atoms with Gasteiger partial charge in [-0.2, -0.15) is 9.97 Å². The summed E-state index contributed by atoms with van der Waals surface area (Å²) in [6.07, 6.45) is 4.82. The number of nitrogens with two attached hydrogens (primary N) is 1. The SMILES string of the molecule is C#CC(O)[C@@H](CO)O[C@H](CF)n1cnc2c(NC3CC3)nc(N)nc21. The van der Waals surface area contributed by atoms with Gasteiger partial charge in [-0.1, -0.05) is 5.92 Å². The molecule has 0 amide bonds. The van der Waals surface area contributed by atoms with Gasteiger partial charge in [0, 0.05) is 6.04 Å². The smallest absolute Gasteiger partial charge is 0.224 e. The van der Waals surface area contributed by atoms with Gasteiger partial charge in [0.2, 0.25) is 5.95 Å². The molecule has 2 heterocycles. The number of hydrogen-bond acceptors (Lipinski definition) is 8. The van der Waals surface area contributed by atoms with Crippen LogP contribution in [0.1, 0.15) is 19.1 Å². The Morgan fingerprint density at radius 2 is 2.28 bits per heavy atom. The molecule has 10 heteroatoms. The van der Waals surface area contributed by atoms with E-state index in [2.05, 4.69) is 20.3 Å². The van der Waals surface area contributed by atoms with E-state index in [4.69, 9.17) is 16.9 Å². The predicted octanol–water partition coefficient (Wildman–Crippen LogP) is -0.178. The second kappa shape index (κ2) is 7.18. The van der Waals surface area contributed by atoms with Crippen molar-refractivity contribution in [1.29, 1.82) is 0 Å². The van der Waals surface area contributed by atoms with Gasteiger partial charge in [-0.25, -0.2) is 9.37 Å². The highest BCUT2D eigenvalue weighted by molar-refractivity contribution is 5.84. The van der Waals surface area contributed by atoms with Gasteiger partial charge in [0.15, 0.2) is 23.2 Å². The molecule has 0 aromatic carbocycles. The van der Waals surface area contributed by atoms with E-state index in [0.29, 0.717) is 17.4 Å². The first kappa shape index (κ1) is 17.3. The lowest BCUT2D eigenvalue weighted by atomic mass is 10.2. The van der Waals surface area contributed by atoms with Crippen molar-refractivity contribution in [3.8, 4) is 12.3 Å². The number of anilines is 2. The van der Waals surface area contributed by atoms with Crippen molar-refractivity contribution >= 4 is 22.9 Å². The number of hydrogen-bond donors (Lipinski definition) is 4. The van der Waals surface area contributed by atoms with Crippen LogP contribution in [0.25, 0.3) is 11.2 Å². The van der Waals surface area contributed by atoms with Gasteiger partial charge in [0.1, 0.15) is 18.9 Å². The molecule has 134 valence electrons. The molecule has 1 saturated carbocycles. The van der Waals surface area contributed by atoms with Crippen molar-refractivity contribution in [3.05, 3.63) is 6.33 Å². The monoisotopic (exact) mass is 350 g/mol. The minimum absolute atomic E-state index is 0.0115. The van der Waals surface area contributed by atoms with Gasteiger partial charge in [0.05, 0.1) is 12.9 Å². The maximum Gasteiger partial charge on any atom is 0.224 e. The number of aliphatic hydroxyl groups is 2. The molecule has 2 aromatic heterocycles. The summed E-state index contributed by atoms with van der Waals surface area (Å²) in [5.74, 6) is 2.53. The molecule has 5 N–H and O–H groups in total. The summed E-state index contributed by atoms with van der Waals surface area (Å²) < 4.78 is 20.3.